The predicted molar refractivity (Wildman–Crippen MR) is 112 cm³/mol. The Morgan fingerprint density at radius 3 is 2.47 bits per heavy atom. The van der Waals surface area contributed by atoms with Gasteiger partial charge in [-0.2, -0.15) is 5.10 Å². The van der Waals surface area contributed by atoms with Crippen LogP contribution in [0.25, 0.3) is 5.52 Å². The maximum atomic E-state index is 12.6. The summed E-state index contributed by atoms with van der Waals surface area (Å²) in [5.74, 6) is 0.631. The van der Waals surface area contributed by atoms with Crippen LogP contribution in [0.5, 0.6) is 11.5 Å². The molecule has 0 spiro atoms. The van der Waals surface area contributed by atoms with Crippen molar-refractivity contribution in [3.8, 4) is 11.5 Å². The quantitative estimate of drug-likeness (QED) is 0.479. The average Bonchev–Trinajstić information content (AvgIpc) is 3.18. The minimum atomic E-state index is -0.454. The average molecular weight is 401 g/mol. The Kier molecular flexibility index (Phi) is 5.43. The van der Waals surface area contributed by atoms with Gasteiger partial charge in [0.15, 0.2) is 0 Å². The maximum absolute atomic E-state index is 12.6. The number of fused-ring (bicyclic) bond motifs is 1. The minimum absolute atomic E-state index is 0.274. The summed E-state index contributed by atoms with van der Waals surface area (Å²) in [6.45, 7) is 2.02. The second-order valence-electron chi connectivity index (χ2n) is 6.42. The van der Waals surface area contributed by atoms with Crippen molar-refractivity contribution < 1.29 is 19.1 Å². The zero-order valence-electron chi connectivity index (χ0n) is 16.2. The molecule has 2 aromatic carbocycles. The molecular formula is C23H19N3O4. The molecule has 0 aliphatic heterocycles. The molecule has 2 aromatic heterocycles. The Labute approximate surface area is 172 Å². The van der Waals surface area contributed by atoms with Gasteiger partial charge in [0.25, 0.3) is 5.91 Å². The van der Waals surface area contributed by atoms with Crippen LogP contribution in [0.2, 0.25) is 0 Å². The van der Waals surface area contributed by atoms with Crippen LogP contribution in [0, 0.1) is 0 Å². The largest absolute Gasteiger partial charge is 0.462 e. The zero-order chi connectivity index (χ0) is 20.9. The van der Waals surface area contributed by atoms with E-state index >= 15 is 0 Å². The molecule has 7 heteroatoms. The van der Waals surface area contributed by atoms with Crippen LogP contribution in [-0.2, 0) is 4.74 Å². The first-order chi connectivity index (χ1) is 14.6. The van der Waals surface area contributed by atoms with Crippen LogP contribution in [0.1, 0.15) is 27.6 Å². The molecular weight excluding hydrogens is 382 g/mol. The van der Waals surface area contributed by atoms with Gasteiger partial charge in [0.1, 0.15) is 17.1 Å². The molecule has 0 atom stereocenters. The third-order valence-electron chi connectivity index (χ3n) is 4.37. The van der Waals surface area contributed by atoms with Crippen LogP contribution in [0.3, 0.4) is 0 Å². The fourth-order valence-corrected chi connectivity index (χ4v) is 2.93. The fraction of sp³-hybridized carbons (Fsp3) is 0.0870. The van der Waals surface area contributed by atoms with Crippen molar-refractivity contribution >= 4 is 23.1 Å². The van der Waals surface area contributed by atoms with E-state index in [-0.39, 0.29) is 12.5 Å². The summed E-state index contributed by atoms with van der Waals surface area (Å²) in [5.41, 5.74) is 1.92. The first-order valence-corrected chi connectivity index (χ1v) is 9.43. The summed E-state index contributed by atoms with van der Waals surface area (Å²) < 4.78 is 12.3. The molecule has 1 amide bonds. The Hall–Kier alpha value is -4.13. The van der Waals surface area contributed by atoms with Crippen molar-refractivity contribution in [3.63, 3.8) is 0 Å². The van der Waals surface area contributed by atoms with Gasteiger partial charge in [0.05, 0.1) is 18.3 Å². The monoisotopic (exact) mass is 401 g/mol. The number of nitrogens with one attached hydrogen (secondary N) is 1. The van der Waals surface area contributed by atoms with Gasteiger partial charge in [-0.05, 0) is 55.5 Å². The Balaban J connectivity index is 1.48. The van der Waals surface area contributed by atoms with Crippen LogP contribution < -0.4 is 10.1 Å². The van der Waals surface area contributed by atoms with Crippen molar-refractivity contribution in [3.05, 3.63) is 90.3 Å². The van der Waals surface area contributed by atoms with Gasteiger partial charge in [0, 0.05) is 17.4 Å². The number of carbonyl (C=O) groups is 2. The number of ether oxygens (including phenoxy) is 2. The minimum Gasteiger partial charge on any atom is -0.462 e. The lowest BCUT2D eigenvalue weighted by atomic mass is 10.2. The SMILES string of the molecule is CCOC(=O)c1cnn2ccc(NC(=O)c3ccc(Oc4ccccc4)cc3)cc12. The zero-order valence-corrected chi connectivity index (χ0v) is 16.2. The number of amides is 1. The molecule has 30 heavy (non-hydrogen) atoms. The molecule has 0 aliphatic rings. The molecule has 7 nitrogen and oxygen atoms in total. The van der Waals surface area contributed by atoms with Crippen molar-refractivity contribution in [2.24, 2.45) is 0 Å². The smallest absolute Gasteiger partial charge is 0.341 e. The van der Waals surface area contributed by atoms with E-state index in [1.807, 2.05) is 30.3 Å². The topological polar surface area (TPSA) is 81.9 Å². The molecule has 0 fully saturated rings. The van der Waals surface area contributed by atoms with Gasteiger partial charge in [-0.1, -0.05) is 18.2 Å². The van der Waals surface area contributed by atoms with Gasteiger partial charge in [-0.25, -0.2) is 9.31 Å². The number of para-hydroxylation sites is 1. The standard InChI is InChI=1S/C23H19N3O4/c1-2-29-23(28)20-15-24-26-13-12-17(14-21(20)26)25-22(27)16-8-10-19(11-9-16)30-18-6-4-3-5-7-18/h3-15H,2H2,1H3,(H,25,27). The molecule has 0 saturated carbocycles. The van der Waals surface area contributed by atoms with E-state index in [4.69, 9.17) is 9.47 Å². The van der Waals surface area contributed by atoms with E-state index in [1.54, 1.807) is 54.0 Å². The normalized spacial score (nSPS) is 10.6. The molecule has 0 saturated heterocycles. The highest BCUT2D eigenvalue weighted by molar-refractivity contribution is 6.05. The lowest BCUT2D eigenvalue weighted by Gasteiger charge is -2.08. The van der Waals surface area contributed by atoms with E-state index in [1.165, 1.54) is 6.20 Å². The molecule has 4 aromatic rings. The number of rotatable bonds is 6. The first kappa shape index (κ1) is 19.2. The number of carbonyl (C=O) groups excluding carboxylic acids is 2. The number of pyridine rings is 1. The van der Waals surface area contributed by atoms with E-state index < -0.39 is 5.97 Å². The van der Waals surface area contributed by atoms with Gasteiger partial charge >= 0.3 is 5.97 Å². The molecule has 0 bridgehead atoms. The highest BCUT2D eigenvalue weighted by atomic mass is 16.5. The second-order valence-corrected chi connectivity index (χ2v) is 6.42. The number of benzene rings is 2. The number of aromatic nitrogens is 2. The Bertz CT molecular complexity index is 1180. The molecule has 4 rings (SSSR count). The van der Waals surface area contributed by atoms with E-state index in [2.05, 4.69) is 10.4 Å². The molecule has 0 unspecified atom stereocenters. The van der Waals surface area contributed by atoms with E-state index in [9.17, 15) is 9.59 Å². The van der Waals surface area contributed by atoms with E-state index in [0.717, 1.165) is 5.75 Å². The van der Waals surface area contributed by atoms with Crippen LogP contribution >= 0.6 is 0 Å². The summed E-state index contributed by atoms with van der Waals surface area (Å²) in [7, 11) is 0. The van der Waals surface area contributed by atoms with Crippen molar-refractivity contribution in [1.29, 1.82) is 0 Å². The Morgan fingerprint density at radius 2 is 1.73 bits per heavy atom. The second kappa shape index (κ2) is 8.48. The van der Waals surface area contributed by atoms with Gasteiger partial charge in [-0.3, -0.25) is 4.79 Å². The first-order valence-electron chi connectivity index (χ1n) is 9.43. The predicted octanol–water partition coefficient (Wildman–Crippen LogP) is 4.56. The fourth-order valence-electron chi connectivity index (χ4n) is 2.93. The number of nitrogens with zero attached hydrogens (tertiary/aromatic N) is 2. The highest BCUT2D eigenvalue weighted by Crippen LogP contribution is 2.22. The third kappa shape index (κ3) is 4.15. The number of esters is 1. The molecule has 150 valence electrons. The van der Waals surface area contributed by atoms with Gasteiger partial charge < -0.3 is 14.8 Å². The molecule has 2 heterocycles. The van der Waals surface area contributed by atoms with Crippen molar-refractivity contribution in [2.75, 3.05) is 11.9 Å². The van der Waals surface area contributed by atoms with Gasteiger partial charge in [0.2, 0.25) is 0 Å². The number of hydrogen-bond acceptors (Lipinski definition) is 5. The van der Waals surface area contributed by atoms with Gasteiger partial charge in [-0.15, -0.1) is 0 Å². The van der Waals surface area contributed by atoms with Crippen molar-refractivity contribution in [1.82, 2.24) is 9.61 Å². The lowest BCUT2D eigenvalue weighted by molar-refractivity contribution is 0.0528. The summed E-state index contributed by atoms with van der Waals surface area (Å²) in [6, 6.07) is 19.7. The lowest BCUT2D eigenvalue weighted by Crippen LogP contribution is -2.12. The van der Waals surface area contributed by atoms with Crippen LogP contribution in [0.4, 0.5) is 5.69 Å². The van der Waals surface area contributed by atoms with E-state index in [0.29, 0.717) is 28.1 Å². The molecule has 0 aliphatic carbocycles. The Morgan fingerprint density at radius 1 is 1.00 bits per heavy atom. The summed E-state index contributed by atoms with van der Waals surface area (Å²) in [6.07, 6.45) is 3.12. The molecule has 1 N–H and O–H groups in total. The highest BCUT2D eigenvalue weighted by Gasteiger charge is 2.15. The van der Waals surface area contributed by atoms with Crippen LogP contribution in [0.15, 0.2) is 79.1 Å². The summed E-state index contributed by atoms with van der Waals surface area (Å²) >= 11 is 0. The van der Waals surface area contributed by atoms with Crippen LogP contribution in [-0.4, -0.2) is 28.1 Å². The third-order valence-corrected chi connectivity index (χ3v) is 4.37. The summed E-state index contributed by atoms with van der Waals surface area (Å²) in [4.78, 5) is 24.7. The van der Waals surface area contributed by atoms with Crippen molar-refractivity contribution in [2.45, 2.75) is 6.92 Å². The maximum Gasteiger partial charge on any atom is 0.341 e. The molecule has 0 radical (unpaired) electrons. The summed E-state index contributed by atoms with van der Waals surface area (Å²) in [5, 5.41) is 6.97. The number of hydrogen-bond donors (Lipinski definition) is 1. The number of anilines is 1.